The molecule has 83 valence electrons. The first-order valence-corrected chi connectivity index (χ1v) is 5.86. The van der Waals surface area contributed by atoms with Crippen molar-refractivity contribution in [2.24, 2.45) is 0 Å². The lowest BCUT2D eigenvalue weighted by Gasteiger charge is -2.08. The number of rotatable bonds is 2. The van der Waals surface area contributed by atoms with Gasteiger partial charge in [0, 0.05) is 29.2 Å². The average Bonchev–Trinajstić information content (AvgIpc) is 2.68. The fourth-order valence-corrected chi connectivity index (χ4v) is 2.23. The van der Waals surface area contributed by atoms with Crippen molar-refractivity contribution in [3.05, 3.63) is 71.9 Å². The van der Waals surface area contributed by atoms with E-state index < -0.39 is 0 Å². The summed E-state index contributed by atoms with van der Waals surface area (Å²) in [6.45, 7) is 3.03. The molecule has 0 fully saturated rings. The Bertz CT molecular complexity index is 635. The lowest BCUT2D eigenvalue weighted by Crippen LogP contribution is -2.00. The van der Waals surface area contributed by atoms with Crippen molar-refractivity contribution in [3.63, 3.8) is 0 Å². The molecule has 0 saturated carbocycles. The maximum absolute atomic E-state index is 3.41. The van der Waals surface area contributed by atoms with E-state index >= 15 is 0 Å². The fourth-order valence-electron chi connectivity index (χ4n) is 2.23. The van der Waals surface area contributed by atoms with Gasteiger partial charge < -0.3 is 4.57 Å². The zero-order chi connectivity index (χ0) is 11.7. The van der Waals surface area contributed by atoms with Crippen LogP contribution in [-0.2, 0) is 6.54 Å². The Morgan fingerprint density at radius 1 is 0.941 bits per heavy atom. The molecule has 2 aromatic carbocycles. The third-order valence-electron chi connectivity index (χ3n) is 3.10. The highest BCUT2D eigenvalue weighted by atomic mass is 15.0. The van der Waals surface area contributed by atoms with Crippen LogP contribution in [-0.4, -0.2) is 4.57 Å². The SMILES string of the molecule is Cc1[c]c2ccccc2n1Cc1ccccc1. The molecule has 0 N–H and O–H groups in total. The van der Waals surface area contributed by atoms with Crippen LogP contribution in [0.5, 0.6) is 0 Å². The van der Waals surface area contributed by atoms with Gasteiger partial charge in [-0.1, -0.05) is 48.5 Å². The van der Waals surface area contributed by atoms with Crippen LogP contribution in [0.25, 0.3) is 10.9 Å². The Labute approximate surface area is 101 Å². The summed E-state index contributed by atoms with van der Waals surface area (Å²) >= 11 is 0. The molecule has 0 spiro atoms. The van der Waals surface area contributed by atoms with Gasteiger partial charge in [-0.25, -0.2) is 0 Å². The molecule has 0 saturated heterocycles. The highest BCUT2D eigenvalue weighted by molar-refractivity contribution is 5.80. The lowest BCUT2D eigenvalue weighted by molar-refractivity contribution is 0.804. The van der Waals surface area contributed by atoms with Gasteiger partial charge in [-0.2, -0.15) is 0 Å². The van der Waals surface area contributed by atoms with E-state index in [1.54, 1.807) is 0 Å². The van der Waals surface area contributed by atoms with E-state index in [-0.39, 0.29) is 0 Å². The maximum atomic E-state index is 3.41. The van der Waals surface area contributed by atoms with Gasteiger partial charge in [-0.05, 0) is 18.6 Å². The molecule has 1 aromatic heterocycles. The number of fused-ring (bicyclic) bond motifs is 1. The largest absolute Gasteiger partial charge is 0.340 e. The van der Waals surface area contributed by atoms with Crippen LogP contribution in [0.1, 0.15) is 11.3 Å². The molecule has 3 aromatic rings. The molecule has 0 aliphatic heterocycles. The first-order chi connectivity index (χ1) is 8.34. The normalized spacial score (nSPS) is 10.9. The van der Waals surface area contributed by atoms with E-state index in [9.17, 15) is 0 Å². The van der Waals surface area contributed by atoms with Gasteiger partial charge >= 0.3 is 0 Å². The number of para-hydroxylation sites is 1. The minimum Gasteiger partial charge on any atom is -0.340 e. The number of hydrogen-bond acceptors (Lipinski definition) is 0. The zero-order valence-corrected chi connectivity index (χ0v) is 9.85. The lowest BCUT2D eigenvalue weighted by atomic mass is 10.2. The highest BCUT2D eigenvalue weighted by Gasteiger charge is 2.05. The minimum atomic E-state index is 0.913. The van der Waals surface area contributed by atoms with Crippen LogP contribution in [0, 0.1) is 13.0 Å². The van der Waals surface area contributed by atoms with E-state index in [2.05, 4.69) is 72.2 Å². The molecule has 0 bridgehead atoms. The summed E-state index contributed by atoms with van der Waals surface area (Å²) in [4.78, 5) is 0. The highest BCUT2D eigenvalue weighted by Crippen LogP contribution is 2.19. The zero-order valence-electron chi connectivity index (χ0n) is 9.85. The van der Waals surface area contributed by atoms with Gasteiger partial charge in [-0.3, -0.25) is 0 Å². The predicted octanol–water partition coefficient (Wildman–Crippen LogP) is 3.80. The molecule has 0 unspecified atom stereocenters. The molecular weight excluding hydrogens is 206 g/mol. The van der Waals surface area contributed by atoms with Crippen molar-refractivity contribution in [2.45, 2.75) is 13.5 Å². The summed E-state index contributed by atoms with van der Waals surface area (Å²) in [6, 6.07) is 22.4. The number of aromatic nitrogens is 1. The van der Waals surface area contributed by atoms with Crippen LogP contribution < -0.4 is 0 Å². The smallest absolute Gasteiger partial charge is 0.0492 e. The minimum absolute atomic E-state index is 0.913. The van der Waals surface area contributed by atoms with Gasteiger partial charge in [0.15, 0.2) is 0 Å². The Morgan fingerprint density at radius 2 is 1.65 bits per heavy atom. The second-order valence-corrected chi connectivity index (χ2v) is 4.30. The third kappa shape index (κ3) is 1.84. The Hall–Kier alpha value is -2.02. The van der Waals surface area contributed by atoms with Gasteiger partial charge in [0.1, 0.15) is 0 Å². The predicted molar refractivity (Wildman–Crippen MR) is 71.1 cm³/mol. The fraction of sp³-hybridized carbons (Fsp3) is 0.125. The summed E-state index contributed by atoms with van der Waals surface area (Å²) in [5.74, 6) is 0. The first-order valence-electron chi connectivity index (χ1n) is 5.86. The van der Waals surface area contributed by atoms with Gasteiger partial charge in [-0.15, -0.1) is 0 Å². The average molecular weight is 220 g/mol. The molecule has 3 rings (SSSR count). The molecule has 0 atom stereocenters. The van der Waals surface area contributed by atoms with Crippen LogP contribution >= 0.6 is 0 Å². The van der Waals surface area contributed by atoms with Crippen LogP contribution in [0.3, 0.4) is 0 Å². The first kappa shape index (κ1) is 10.2. The van der Waals surface area contributed by atoms with Crippen molar-refractivity contribution in [2.75, 3.05) is 0 Å². The number of benzene rings is 2. The summed E-state index contributed by atoms with van der Waals surface area (Å²) in [7, 11) is 0. The van der Waals surface area contributed by atoms with E-state index in [0.29, 0.717) is 0 Å². The summed E-state index contributed by atoms with van der Waals surface area (Å²) in [6.07, 6.45) is 0. The van der Waals surface area contributed by atoms with Crippen molar-refractivity contribution in [3.8, 4) is 0 Å². The number of hydrogen-bond donors (Lipinski definition) is 0. The molecule has 17 heavy (non-hydrogen) atoms. The van der Waals surface area contributed by atoms with Crippen molar-refractivity contribution < 1.29 is 0 Å². The Balaban J connectivity index is 2.08. The summed E-state index contributed by atoms with van der Waals surface area (Å²) < 4.78 is 2.31. The third-order valence-corrected chi connectivity index (χ3v) is 3.10. The molecule has 0 amide bonds. The quantitative estimate of drug-likeness (QED) is 0.619. The van der Waals surface area contributed by atoms with E-state index in [0.717, 1.165) is 6.54 Å². The topological polar surface area (TPSA) is 4.93 Å². The van der Waals surface area contributed by atoms with Gasteiger partial charge in [0.05, 0.1) is 0 Å². The summed E-state index contributed by atoms with van der Waals surface area (Å²) in [5.41, 5.74) is 3.77. The van der Waals surface area contributed by atoms with Crippen LogP contribution in [0.4, 0.5) is 0 Å². The van der Waals surface area contributed by atoms with Crippen LogP contribution in [0.2, 0.25) is 0 Å². The molecular formula is C16H14N. The van der Waals surface area contributed by atoms with Crippen molar-refractivity contribution in [1.29, 1.82) is 0 Å². The molecule has 0 aliphatic carbocycles. The second-order valence-electron chi connectivity index (χ2n) is 4.30. The molecule has 1 heterocycles. The van der Waals surface area contributed by atoms with Crippen molar-refractivity contribution >= 4 is 10.9 Å². The van der Waals surface area contributed by atoms with Gasteiger partial charge in [0.2, 0.25) is 0 Å². The molecule has 1 nitrogen and oxygen atoms in total. The Kier molecular flexibility index (Phi) is 2.45. The monoisotopic (exact) mass is 220 g/mol. The van der Waals surface area contributed by atoms with E-state index in [1.165, 1.54) is 22.2 Å². The Morgan fingerprint density at radius 3 is 2.47 bits per heavy atom. The number of nitrogens with zero attached hydrogens (tertiary/aromatic N) is 1. The second kappa shape index (κ2) is 4.10. The van der Waals surface area contributed by atoms with E-state index in [4.69, 9.17) is 0 Å². The summed E-state index contributed by atoms with van der Waals surface area (Å²) in [5, 5.41) is 1.20. The van der Waals surface area contributed by atoms with Gasteiger partial charge in [0.25, 0.3) is 0 Å². The number of aryl methyl sites for hydroxylation is 1. The maximum Gasteiger partial charge on any atom is 0.0492 e. The molecule has 1 heteroatoms. The standard InChI is InChI=1S/C16H14N/c1-13-11-15-9-5-6-10-16(15)17(13)12-14-7-3-2-4-8-14/h2-10H,12H2,1H3. The molecule has 0 aliphatic rings. The molecule has 1 radical (unpaired) electrons. The van der Waals surface area contributed by atoms with Crippen LogP contribution in [0.15, 0.2) is 54.6 Å². The van der Waals surface area contributed by atoms with E-state index in [1.807, 2.05) is 0 Å². The van der Waals surface area contributed by atoms with Crippen molar-refractivity contribution in [1.82, 2.24) is 4.57 Å².